The molecule has 1 aliphatic rings. The standard InChI is InChI=1S/C4H5N2O/c1-6-3-4(7)2-5-6/h3H2,1H3. The number of ketones is 1. The van der Waals surface area contributed by atoms with Crippen LogP contribution in [0.1, 0.15) is 0 Å². The summed E-state index contributed by atoms with van der Waals surface area (Å²) < 4.78 is 0. The summed E-state index contributed by atoms with van der Waals surface area (Å²) >= 11 is 0. The summed E-state index contributed by atoms with van der Waals surface area (Å²) in [5, 5.41) is 5.09. The smallest absolute Gasteiger partial charge is 0.206 e. The van der Waals surface area contributed by atoms with Crippen LogP contribution in [-0.2, 0) is 4.79 Å². The van der Waals surface area contributed by atoms with Crippen molar-refractivity contribution in [1.82, 2.24) is 5.01 Å². The van der Waals surface area contributed by atoms with Crippen LogP contribution in [0.15, 0.2) is 5.10 Å². The maximum absolute atomic E-state index is 10.2. The second-order valence-electron chi connectivity index (χ2n) is 1.45. The minimum Gasteiger partial charge on any atom is -0.291 e. The average Bonchev–Trinajstić information content (AvgIpc) is 1.87. The van der Waals surface area contributed by atoms with Gasteiger partial charge in [0.25, 0.3) is 0 Å². The van der Waals surface area contributed by atoms with E-state index in [1.165, 1.54) is 0 Å². The zero-order chi connectivity index (χ0) is 5.28. The van der Waals surface area contributed by atoms with Gasteiger partial charge in [-0.05, 0) is 0 Å². The van der Waals surface area contributed by atoms with E-state index in [2.05, 4.69) is 11.3 Å². The molecule has 7 heavy (non-hydrogen) atoms. The van der Waals surface area contributed by atoms with Crippen LogP contribution in [-0.4, -0.2) is 30.6 Å². The van der Waals surface area contributed by atoms with Gasteiger partial charge >= 0.3 is 0 Å². The Bertz CT molecular complexity index is 119. The van der Waals surface area contributed by atoms with Crippen LogP contribution in [0.5, 0.6) is 0 Å². The molecule has 1 rings (SSSR count). The number of hydrazone groups is 1. The first-order valence-electron chi connectivity index (χ1n) is 1.99. The van der Waals surface area contributed by atoms with Crippen LogP contribution in [0.3, 0.4) is 0 Å². The minimum absolute atomic E-state index is 0.0394. The number of hydrogen-bond donors (Lipinski definition) is 0. The number of hydrogen-bond acceptors (Lipinski definition) is 3. The lowest BCUT2D eigenvalue weighted by Crippen LogP contribution is -2.11. The van der Waals surface area contributed by atoms with Gasteiger partial charge < -0.3 is 0 Å². The van der Waals surface area contributed by atoms with Crippen molar-refractivity contribution in [3.05, 3.63) is 0 Å². The fraction of sp³-hybridized carbons (Fsp3) is 0.500. The largest absolute Gasteiger partial charge is 0.291 e. The van der Waals surface area contributed by atoms with E-state index in [1.54, 1.807) is 12.1 Å². The summed E-state index contributed by atoms with van der Waals surface area (Å²) in [6, 6.07) is 0. The van der Waals surface area contributed by atoms with Gasteiger partial charge in [0.2, 0.25) is 5.78 Å². The topological polar surface area (TPSA) is 32.7 Å². The number of nitrogens with zero attached hydrogens (tertiary/aromatic N) is 2. The summed E-state index contributed by atoms with van der Waals surface area (Å²) in [4.78, 5) is 10.2. The third kappa shape index (κ3) is 0.765. The van der Waals surface area contributed by atoms with Gasteiger partial charge in [-0.1, -0.05) is 0 Å². The Morgan fingerprint density at radius 3 is 2.86 bits per heavy atom. The number of carbonyl (C=O) groups excluding carboxylic acids is 1. The zero-order valence-electron chi connectivity index (χ0n) is 4.01. The zero-order valence-corrected chi connectivity index (χ0v) is 4.01. The predicted octanol–water partition coefficient (Wildman–Crippen LogP) is -0.636. The molecule has 0 bridgehead atoms. The molecule has 0 aliphatic carbocycles. The Hall–Kier alpha value is -0.860. The molecule has 3 nitrogen and oxygen atoms in total. The molecule has 1 heterocycles. The van der Waals surface area contributed by atoms with E-state index in [-0.39, 0.29) is 5.78 Å². The molecule has 0 fully saturated rings. The molecule has 1 aliphatic heterocycles. The van der Waals surface area contributed by atoms with Crippen LogP contribution >= 0.6 is 0 Å². The first kappa shape index (κ1) is 4.30. The van der Waals surface area contributed by atoms with Crippen molar-refractivity contribution in [2.75, 3.05) is 13.6 Å². The molecule has 0 saturated heterocycles. The average molecular weight is 97.1 g/mol. The lowest BCUT2D eigenvalue weighted by molar-refractivity contribution is -0.112. The summed E-state index contributed by atoms with van der Waals surface area (Å²) in [7, 11) is 1.73. The SMILES string of the molecule is CN1CC(=O)[C]=N1. The highest BCUT2D eigenvalue weighted by Gasteiger charge is 2.08. The van der Waals surface area contributed by atoms with Crippen molar-refractivity contribution in [2.24, 2.45) is 5.10 Å². The molecular weight excluding hydrogens is 92.1 g/mol. The van der Waals surface area contributed by atoms with Crippen LogP contribution in [0.2, 0.25) is 0 Å². The molecule has 37 valence electrons. The van der Waals surface area contributed by atoms with E-state index in [4.69, 9.17) is 0 Å². The maximum atomic E-state index is 10.2. The Morgan fingerprint density at radius 2 is 2.71 bits per heavy atom. The van der Waals surface area contributed by atoms with Crippen LogP contribution in [0.4, 0.5) is 0 Å². The first-order valence-corrected chi connectivity index (χ1v) is 1.99. The van der Waals surface area contributed by atoms with E-state index >= 15 is 0 Å². The molecule has 0 aromatic rings. The normalized spacial score (nSPS) is 19.0. The summed E-state index contributed by atoms with van der Waals surface area (Å²) in [5.41, 5.74) is 0. The van der Waals surface area contributed by atoms with E-state index in [0.717, 1.165) is 0 Å². The van der Waals surface area contributed by atoms with Crippen molar-refractivity contribution in [2.45, 2.75) is 0 Å². The van der Waals surface area contributed by atoms with Crippen molar-refractivity contribution in [3.8, 4) is 0 Å². The van der Waals surface area contributed by atoms with Crippen LogP contribution in [0.25, 0.3) is 0 Å². The van der Waals surface area contributed by atoms with Crippen LogP contribution < -0.4 is 0 Å². The summed E-state index contributed by atoms with van der Waals surface area (Å²) in [6.07, 6.45) is 2.28. The Morgan fingerprint density at radius 1 is 2.00 bits per heavy atom. The fourth-order valence-electron chi connectivity index (χ4n) is 0.420. The van der Waals surface area contributed by atoms with E-state index in [0.29, 0.717) is 6.54 Å². The van der Waals surface area contributed by atoms with Crippen molar-refractivity contribution >= 4 is 12.0 Å². The molecule has 0 amide bonds. The molecule has 0 saturated carbocycles. The van der Waals surface area contributed by atoms with Gasteiger partial charge in [0.15, 0.2) is 6.21 Å². The van der Waals surface area contributed by atoms with Gasteiger partial charge in [-0.2, -0.15) is 5.10 Å². The highest BCUT2D eigenvalue weighted by Crippen LogP contribution is 1.88. The number of rotatable bonds is 0. The monoisotopic (exact) mass is 97.0 g/mol. The Kier molecular flexibility index (Phi) is 0.817. The van der Waals surface area contributed by atoms with Gasteiger partial charge in [-0.25, -0.2) is 0 Å². The van der Waals surface area contributed by atoms with E-state index in [9.17, 15) is 4.79 Å². The summed E-state index contributed by atoms with van der Waals surface area (Å²) in [5.74, 6) is -0.0394. The molecule has 3 heteroatoms. The van der Waals surface area contributed by atoms with Crippen molar-refractivity contribution < 1.29 is 4.79 Å². The lowest BCUT2D eigenvalue weighted by Gasteiger charge is -1.98. The van der Waals surface area contributed by atoms with Gasteiger partial charge in [0.1, 0.15) is 6.54 Å². The van der Waals surface area contributed by atoms with Gasteiger partial charge in [-0.3, -0.25) is 9.80 Å². The molecule has 0 spiro atoms. The second kappa shape index (κ2) is 1.33. The first-order chi connectivity index (χ1) is 3.29. The molecule has 0 aromatic carbocycles. The third-order valence-electron chi connectivity index (χ3n) is 0.718. The molecular formula is C4H5N2O. The van der Waals surface area contributed by atoms with E-state index < -0.39 is 0 Å². The Balaban J connectivity index is 2.58. The number of carbonyl (C=O) groups is 1. The molecule has 0 aromatic heterocycles. The van der Waals surface area contributed by atoms with Crippen LogP contribution in [0, 0.1) is 0 Å². The number of Topliss-reactive ketones (excluding diaryl/α,β-unsaturated/α-hetero) is 1. The molecule has 0 unspecified atom stereocenters. The van der Waals surface area contributed by atoms with Gasteiger partial charge in [0.05, 0.1) is 0 Å². The summed E-state index contributed by atoms with van der Waals surface area (Å²) in [6.45, 7) is 0.389. The van der Waals surface area contributed by atoms with Gasteiger partial charge in [-0.15, -0.1) is 0 Å². The second-order valence-corrected chi connectivity index (χ2v) is 1.45. The maximum Gasteiger partial charge on any atom is 0.206 e. The lowest BCUT2D eigenvalue weighted by atomic mass is 10.5. The predicted molar refractivity (Wildman–Crippen MR) is 25.1 cm³/mol. The minimum atomic E-state index is -0.0394. The van der Waals surface area contributed by atoms with Gasteiger partial charge in [0, 0.05) is 7.05 Å². The molecule has 1 radical (unpaired) electrons. The van der Waals surface area contributed by atoms with E-state index in [1.807, 2.05) is 0 Å². The Labute approximate surface area is 41.6 Å². The van der Waals surface area contributed by atoms with Crippen molar-refractivity contribution in [1.29, 1.82) is 0 Å². The molecule has 0 atom stereocenters. The highest BCUT2D eigenvalue weighted by molar-refractivity contribution is 6.29. The fourth-order valence-corrected chi connectivity index (χ4v) is 0.420. The van der Waals surface area contributed by atoms with Crippen molar-refractivity contribution in [3.63, 3.8) is 0 Å². The quantitative estimate of drug-likeness (QED) is 0.403. The number of likely N-dealkylation sites (N-methyl/N-ethyl adjacent to an activating group) is 1. The third-order valence-corrected chi connectivity index (χ3v) is 0.718. The highest BCUT2D eigenvalue weighted by atomic mass is 16.1. The molecule has 0 N–H and O–H groups in total.